The van der Waals surface area contributed by atoms with E-state index >= 15 is 0 Å². The van der Waals surface area contributed by atoms with E-state index in [1.807, 2.05) is 15.9 Å². The van der Waals surface area contributed by atoms with Crippen LogP contribution in [-0.4, -0.2) is 79.7 Å². The van der Waals surface area contributed by atoms with Gasteiger partial charge < -0.3 is 14.6 Å². The van der Waals surface area contributed by atoms with E-state index in [1.165, 1.54) is 61.4 Å². The number of fused-ring (bicyclic) bond motifs is 2. The Morgan fingerprint density at radius 1 is 1.12 bits per heavy atom. The number of aryl methyl sites for hydroxylation is 2. The lowest BCUT2D eigenvalue weighted by Gasteiger charge is -2.47. The SMILES string of the molecule is Cc1c(-c2[nH]c3sc(C4CCN(C(=O)C5CN6CC7CC6(CO5)C7)CC4)c(C)c3c2C(C)C)cn2ncnc2c1C. The predicted octanol–water partition coefficient (Wildman–Crippen LogP) is 5.56. The number of morpholine rings is 1. The Morgan fingerprint density at radius 3 is 2.66 bits per heavy atom. The molecule has 1 N–H and O–H groups in total. The van der Waals surface area contributed by atoms with Crippen LogP contribution in [0.2, 0.25) is 0 Å². The number of nitrogens with zero attached hydrogens (tertiary/aromatic N) is 5. The summed E-state index contributed by atoms with van der Waals surface area (Å²) in [7, 11) is 0. The first-order valence-corrected chi connectivity index (χ1v) is 16.2. The molecule has 4 aromatic heterocycles. The number of piperidine rings is 1. The molecule has 9 rings (SSSR count). The van der Waals surface area contributed by atoms with Crippen molar-refractivity contribution in [1.29, 1.82) is 0 Å². The standard InChI is InChI=1S/C32H40N6O2S/c1-17(2)25-26-20(5)28(41-30(26)35-27(25)23-13-38-29(33-16-34-38)19(4)18(23)3)22-6-8-36(9-7-22)31(39)24-14-37-12-21-10-32(37,11-21)15-40-24/h13,16-17,21-22,24,35H,6-12,14-15H2,1-5H3. The van der Waals surface area contributed by atoms with Crippen LogP contribution in [0.15, 0.2) is 12.5 Å². The molecular weight excluding hydrogens is 532 g/mol. The second kappa shape index (κ2) is 9.12. The molecule has 1 aliphatic carbocycles. The highest BCUT2D eigenvalue weighted by Gasteiger charge is 2.59. The third-order valence-corrected chi connectivity index (χ3v) is 12.2. The van der Waals surface area contributed by atoms with Crippen LogP contribution in [0.5, 0.6) is 0 Å². The Bertz CT molecular complexity index is 1680. The lowest BCUT2D eigenvalue weighted by Crippen LogP contribution is -2.60. The Morgan fingerprint density at radius 2 is 1.90 bits per heavy atom. The summed E-state index contributed by atoms with van der Waals surface area (Å²) >= 11 is 1.92. The van der Waals surface area contributed by atoms with Crippen LogP contribution in [0.25, 0.3) is 27.1 Å². The molecule has 216 valence electrons. The fraction of sp³-hybridized carbons (Fsp3) is 0.594. The van der Waals surface area contributed by atoms with Crippen LogP contribution in [0.4, 0.5) is 0 Å². The van der Waals surface area contributed by atoms with Crippen LogP contribution in [0.1, 0.15) is 78.5 Å². The van der Waals surface area contributed by atoms with Crippen LogP contribution < -0.4 is 0 Å². The zero-order valence-electron chi connectivity index (χ0n) is 24.8. The molecule has 0 aromatic carbocycles. The molecule has 41 heavy (non-hydrogen) atoms. The number of carbonyl (C=O) groups is 1. The molecule has 2 bridgehead atoms. The maximum atomic E-state index is 13.4. The molecule has 4 aliphatic heterocycles. The Balaban J connectivity index is 1.04. The topological polar surface area (TPSA) is 78.8 Å². The van der Waals surface area contributed by atoms with Gasteiger partial charge in [0.15, 0.2) is 5.65 Å². The molecule has 4 aromatic rings. The van der Waals surface area contributed by atoms with Crippen LogP contribution >= 0.6 is 11.3 Å². The maximum absolute atomic E-state index is 13.4. The summed E-state index contributed by atoms with van der Waals surface area (Å²) in [5.74, 6) is 1.91. The van der Waals surface area contributed by atoms with Gasteiger partial charge in [-0.25, -0.2) is 9.50 Å². The number of aromatic amines is 1. The summed E-state index contributed by atoms with van der Waals surface area (Å²) in [5.41, 5.74) is 8.80. The number of amides is 1. The second-order valence-corrected chi connectivity index (χ2v) is 14.5. The number of ether oxygens (including phenoxy) is 1. The number of pyridine rings is 1. The van der Waals surface area contributed by atoms with Crippen molar-refractivity contribution in [2.45, 2.75) is 83.8 Å². The number of hydrogen-bond donors (Lipinski definition) is 1. The molecule has 8 heterocycles. The quantitative estimate of drug-likeness (QED) is 0.347. The van der Waals surface area contributed by atoms with E-state index in [-0.39, 0.29) is 17.6 Å². The first-order valence-electron chi connectivity index (χ1n) is 15.3. The number of H-pyrrole nitrogens is 1. The summed E-state index contributed by atoms with van der Waals surface area (Å²) in [6.07, 6.45) is 8.04. The van der Waals surface area contributed by atoms with Crippen LogP contribution in [0.3, 0.4) is 0 Å². The Labute approximate surface area is 245 Å². The summed E-state index contributed by atoms with van der Waals surface area (Å²) in [4.78, 5) is 29.1. The molecule has 1 atom stereocenters. The third-order valence-electron chi connectivity index (χ3n) is 10.8. The zero-order valence-corrected chi connectivity index (χ0v) is 25.6. The van der Waals surface area contributed by atoms with Gasteiger partial charge in [-0.2, -0.15) is 5.10 Å². The van der Waals surface area contributed by atoms with Gasteiger partial charge >= 0.3 is 0 Å². The minimum Gasteiger partial charge on any atom is -0.365 e. The van der Waals surface area contributed by atoms with Gasteiger partial charge in [0.05, 0.1) is 12.3 Å². The smallest absolute Gasteiger partial charge is 0.253 e. The van der Waals surface area contributed by atoms with Gasteiger partial charge in [-0.15, -0.1) is 11.3 Å². The summed E-state index contributed by atoms with van der Waals surface area (Å²) in [6, 6.07) is 0. The minimum atomic E-state index is -0.283. The normalized spacial score (nSPS) is 26.8. The summed E-state index contributed by atoms with van der Waals surface area (Å²) in [5, 5.41) is 5.83. The van der Waals surface area contributed by atoms with Crippen molar-refractivity contribution in [3.8, 4) is 11.3 Å². The first kappa shape index (κ1) is 25.9. The van der Waals surface area contributed by atoms with Crippen molar-refractivity contribution in [1.82, 2.24) is 29.4 Å². The van der Waals surface area contributed by atoms with E-state index in [9.17, 15) is 4.79 Å². The Kier molecular flexibility index (Phi) is 5.77. The molecule has 9 heteroatoms. The van der Waals surface area contributed by atoms with E-state index in [1.54, 1.807) is 6.33 Å². The second-order valence-electron chi connectivity index (χ2n) is 13.5. The Hall–Kier alpha value is -2.75. The van der Waals surface area contributed by atoms with Gasteiger partial charge in [0.25, 0.3) is 5.91 Å². The fourth-order valence-electron chi connectivity index (χ4n) is 8.49. The molecule has 1 amide bonds. The predicted molar refractivity (Wildman–Crippen MR) is 162 cm³/mol. The van der Waals surface area contributed by atoms with E-state index in [4.69, 9.17) is 4.74 Å². The zero-order chi connectivity index (χ0) is 28.2. The van der Waals surface area contributed by atoms with E-state index < -0.39 is 0 Å². The largest absolute Gasteiger partial charge is 0.365 e. The third kappa shape index (κ3) is 3.74. The highest BCUT2D eigenvalue weighted by atomic mass is 32.1. The van der Waals surface area contributed by atoms with Crippen LogP contribution in [-0.2, 0) is 9.53 Å². The first-order chi connectivity index (χ1) is 19.7. The molecular formula is C32H40N6O2S. The number of hydrogen-bond acceptors (Lipinski definition) is 6. The van der Waals surface area contributed by atoms with Crippen molar-refractivity contribution < 1.29 is 9.53 Å². The monoisotopic (exact) mass is 572 g/mol. The van der Waals surface area contributed by atoms with Crippen molar-refractivity contribution >= 4 is 33.1 Å². The molecule has 1 saturated carbocycles. The number of carbonyl (C=O) groups excluding carboxylic acids is 1. The summed E-state index contributed by atoms with van der Waals surface area (Å²) < 4.78 is 8.08. The maximum Gasteiger partial charge on any atom is 0.253 e. The number of likely N-dealkylation sites (tertiary alicyclic amines) is 1. The molecule has 5 fully saturated rings. The van der Waals surface area contributed by atoms with E-state index in [2.05, 4.69) is 65.7 Å². The minimum absolute atomic E-state index is 0.208. The van der Waals surface area contributed by atoms with Crippen molar-refractivity contribution in [3.05, 3.63) is 39.7 Å². The highest BCUT2D eigenvalue weighted by molar-refractivity contribution is 7.19. The number of aromatic nitrogens is 4. The van der Waals surface area contributed by atoms with Gasteiger partial charge in [0, 0.05) is 53.7 Å². The van der Waals surface area contributed by atoms with Crippen molar-refractivity contribution in [2.75, 3.05) is 32.8 Å². The van der Waals surface area contributed by atoms with Crippen LogP contribution in [0, 0.1) is 26.7 Å². The lowest BCUT2D eigenvalue weighted by atomic mass is 9.73. The van der Waals surface area contributed by atoms with Gasteiger partial charge in [-0.3, -0.25) is 9.69 Å². The van der Waals surface area contributed by atoms with E-state index in [0.717, 1.165) is 57.2 Å². The number of rotatable bonds is 4. The average molecular weight is 573 g/mol. The van der Waals surface area contributed by atoms with Crippen molar-refractivity contribution in [3.63, 3.8) is 0 Å². The number of nitrogens with one attached hydrogen (secondary N) is 1. The molecule has 4 saturated heterocycles. The summed E-state index contributed by atoms with van der Waals surface area (Å²) in [6.45, 7) is 15.5. The van der Waals surface area contributed by atoms with E-state index in [0.29, 0.717) is 11.8 Å². The van der Waals surface area contributed by atoms with Gasteiger partial charge in [-0.1, -0.05) is 13.8 Å². The van der Waals surface area contributed by atoms with Gasteiger partial charge in [0.1, 0.15) is 17.3 Å². The average Bonchev–Trinajstić information content (AvgIpc) is 3.75. The fourth-order valence-corrected chi connectivity index (χ4v) is 9.89. The number of thiophene rings is 1. The van der Waals surface area contributed by atoms with Crippen molar-refractivity contribution in [2.24, 2.45) is 5.92 Å². The van der Waals surface area contributed by atoms with Gasteiger partial charge in [-0.05, 0) is 86.5 Å². The lowest BCUT2D eigenvalue weighted by molar-refractivity contribution is -0.160. The highest BCUT2D eigenvalue weighted by Crippen LogP contribution is 2.52. The molecule has 8 nitrogen and oxygen atoms in total. The molecule has 1 unspecified atom stereocenters. The molecule has 5 aliphatic rings. The molecule has 0 radical (unpaired) electrons. The molecule has 1 spiro atoms. The van der Waals surface area contributed by atoms with Gasteiger partial charge in [0.2, 0.25) is 0 Å².